The number of alkyl halides is 2. The summed E-state index contributed by atoms with van der Waals surface area (Å²) in [6.07, 6.45) is 3.95. The molecule has 2 aliphatic carbocycles. The van der Waals surface area contributed by atoms with Crippen LogP contribution in [0.2, 0.25) is 0 Å². The van der Waals surface area contributed by atoms with Gasteiger partial charge in [-0.25, -0.2) is 8.78 Å². The Kier molecular flexibility index (Phi) is 2.76. The molecule has 0 atom stereocenters. The zero-order valence-electron chi connectivity index (χ0n) is 8.56. The molecule has 0 aromatic rings. The normalized spacial score (nSPS) is 23.5. The van der Waals surface area contributed by atoms with Gasteiger partial charge in [-0.2, -0.15) is 0 Å². The standard InChI is InChI=1S/C11H15F2NO/c12-10(13)11(6-7-11)14-9(15)8-4-2-1-3-5-8/h4,10H,1-3,5-7H2,(H,14,15). The van der Waals surface area contributed by atoms with Gasteiger partial charge in [-0.1, -0.05) is 6.08 Å². The maximum Gasteiger partial charge on any atom is 0.261 e. The van der Waals surface area contributed by atoms with Crippen LogP contribution in [0.1, 0.15) is 38.5 Å². The van der Waals surface area contributed by atoms with Crippen LogP contribution in [-0.2, 0) is 4.79 Å². The SMILES string of the molecule is O=C(NC1(C(F)F)CC1)C1=CCCCC1. The molecule has 0 spiro atoms. The third-order valence-corrected chi connectivity index (χ3v) is 3.15. The van der Waals surface area contributed by atoms with Gasteiger partial charge >= 0.3 is 0 Å². The van der Waals surface area contributed by atoms with Crippen LogP contribution in [0.3, 0.4) is 0 Å². The summed E-state index contributed by atoms with van der Waals surface area (Å²) in [5.41, 5.74) is -0.511. The van der Waals surface area contributed by atoms with Gasteiger partial charge in [-0.15, -0.1) is 0 Å². The molecule has 84 valence electrons. The van der Waals surface area contributed by atoms with Gasteiger partial charge in [0.15, 0.2) is 0 Å². The lowest BCUT2D eigenvalue weighted by molar-refractivity contribution is -0.120. The molecule has 4 heteroatoms. The molecule has 2 nitrogen and oxygen atoms in total. The number of amides is 1. The van der Waals surface area contributed by atoms with Crippen LogP contribution < -0.4 is 5.32 Å². The minimum atomic E-state index is -2.44. The molecule has 2 rings (SSSR count). The summed E-state index contributed by atoms with van der Waals surface area (Å²) < 4.78 is 25.1. The number of carbonyl (C=O) groups is 1. The largest absolute Gasteiger partial charge is 0.341 e. The third-order valence-electron chi connectivity index (χ3n) is 3.15. The lowest BCUT2D eigenvalue weighted by Gasteiger charge is -2.19. The topological polar surface area (TPSA) is 29.1 Å². The number of nitrogens with one attached hydrogen (secondary N) is 1. The maximum atomic E-state index is 12.6. The molecule has 15 heavy (non-hydrogen) atoms. The van der Waals surface area contributed by atoms with Crippen LogP contribution in [0.5, 0.6) is 0 Å². The molecule has 1 saturated carbocycles. The van der Waals surface area contributed by atoms with E-state index in [-0.39, 0.29) is 5.91 Å². The van der Waals surface area contributed by atoms with Crippen LogP contribution in [0.4, 0.5) is 8.78 Å². The summed E-state index contributed by atoms with van der Waals surface area (Å²) in [5.74, 6) is -0.285. The van der Waals surface area contributed by atoms with E-state index in [2.05, 4.69) is 5.32 Å². The Bertz CT molecular complexity index is 295. The first-order valence-corrected chi connectivity index (χ1v) is 5.44. The predicted octanol–water partition coefficient (Wildman–Crippen LogP) is 2.40. The van der Waals surface area contributed by atoms with Crippen molar-refractivity contribution < 1.29 is 13.6 Å². The van der Waals surface area contributed by atoms with Gasteiger partial charge in [0, 0.05) is 5.57 Å². The first kappa shape index (κ1) is 10.6. The lowest BCUT2D eigenvalue weighted by atomic mass is 9.99. The molecule has 1 fully saturated rings. The monoisotopic (exact) mass is 215 g/mol. The molecule has 0 saturated heterocycles. The molecule has 0 aliphatic heterocycles. The maximum absolute atomic E-state index is 12.6. The Labute approximate surface area is 87.7 Å². The number of allylic oxidation sites excluding steroid dienone is 1. The van der Waals surface area contributed by atoms with Crippen molar-refractivity contribution in [2.75, 3.05) is 0 Å². The zero-order valence-corrected chi connectivity index (χ0v) is 8.56. The summed E-state index contributed by atoms with van der Waals surface area (Å²) in [6, 6.07) is 0. The van der Waals surface area contributed by atoms with E-state index >= 15 is 0 Å². The Morgan fingerprint density at radius 3 is 2.60 bits per heavy atom. The fourth-order valence-corrected chi connectivity index (χ4v) is 1.88. The number of hydrogen-bond acceptors (Lipinski definition) is 1. The van der Waals surface area contributed by atoms with E-state index in [4.69, 9.17) is 0 Å². The van der Waals surface area contributed by atoms with Gasteiger partial charge < -0.3 is 5.32 Å². The number of rotatable bonds is 3. The number of halogens is 2. The van der Waals surface area contributed by atoms with Crippen molar-refractivity contribution in [1.29, 1.82) is 0 Å². The van der Waals surface area contributed by atoms with Crippen molar-refractivity contribution >= 4 is 5.91 Å². The van der Waals surface area contributed by atoms with E-state index in [0.29, 0.717) is 18.4 Å². The van der Waals surface area contributed by atoms with E-state index in [9.17, 15) is 13.6 Å². The number of hydrogen-bond donors (Lipinski definition) is 1. The predicted molar refractivity (Wildman–Crippen MR) is 52.7 cm³/mol. The fraction of sp³-hybridized carbons (Fsp3) is 0.727. The Hall–Kier alpha value is -0.930. The van der Waals surface area contributed by atoms with Gasteiger partial charge in [0.2, 0.25) is 5.91 Å². The van der Waals surface area contributed by atoms with Crippen molar-refractivity contribution in [2.24, 2.45) is 0 Å². The molecule has 0 unspecified atom stereocenters. The van der Waals surface area contributed by atoms with Gasteiger partial charge in [0.1, 0.15) is 5.54 Å². The van der Waals surface area contributed by atoms with E-state index in [1.165, 1.54) is 0 Å². The molecule has 0 radical (unpaired) electrons. The minimum absolute atomic E-state index is 0.285. The summed E-state index contributed by atoms with van der Waals surface area (Å²) in [7, 11) is 0. The average Bonchev–Trinajstić information content (AvgIpc) is 3.00. The van der Waals surface area contributed by atoms with Crippen LogP contribution in [0.15, 0.2) is 11.6 Å². The molecule has 0 heterocycles. The quantitative estimate of drug-likeness (QED) is 0.769. The summed E-state index contributed by atoms with van der Waals surface area (Å²) in [5, 5.41) is 2.48. The molecular weight excluding hydrogens is 200 g/mol. The molecular formula is C11H15F2NO. The Morgan fingerprint density at radius 1 is 1.40 bits per heavy atom. The summed E-state index contributed by atoms with van der Waals surface area (Å²) in [6.45, 7) is 0. The average molecular weight is 215 g/mol. The highest BCUT2D eigenvalue weighted by Gasteiger charge is 2.52. The van der Waals surface area contributed by atoms with E-state index < -0.39 is 12.0 Å². The first-order chi connectivity index (χ1) is 7.14. The summed E-state index contributed by atoms with van der Waals surface area (Å²) >= 11 is 0. The van der Waals surface area contributed by atoms with Crippen LogP contribution in [0.25, 0.3) is 0 Å². The van der Waals surface area contributed by atoms with Gasteiger partial charge in [0.25, 0.3) is 6.43 Å². The van der Waals surface area contributed by atoms with Gasteiger partial charge in [-0.05, 0) is 38.5 Å². The Balaban J connectivity index is 1.95. The van der Waals surface area contributed by atoms with Crippen molar-refractivity contribution in [1.82, 2.24) is 5.32 Å². The third kappa shape index (κ3) is 2.19. The van der Waals surface area contributed by atoms with Crippen LogP contribution in [0, 0.1) is 0 Å². The fourth-order valence-electron chi connectivity index (χ4n) is 1.88. The van der Waals surface area contributed by atoms with E-state index in [1.54, 1.807) is 0 Å². The van der Waals surface area contributed by atoms with Crippen molar-refractivity contribution in [3.8, 4) is 0 Å². The first-order valence-electron chi connectivity index (χ1n) is 5.44. The second-order valence-corrected chi connectivity index (χ2v) is 4.39. The Morgan fingerprint density at radius 2 is 2.13 bits per heavy atom. The second-order valence-electron chi connectivity index (χ2n) is 4.39. The highest BCUT2D eigenvalue weighted by molar-refractivity contribution is 5.94. The van der Waals surface area contributed by atoms with E-state index in [0.717, 1.165) is 25.7 Å². The molecule has 0 aromatic heterocycles. The minimum Gasteiger partial charge on any atom is -0.341 e. The summed E-state index contributed by atoms with van der Waals surface area (Å²) in [4.78, 5) is 11.6. The van der Waals surface area contributed by atoms with Crippen molar-refractivity contribution in [2.45, 2.75) is 50.5 Å². The van der Waals surface area contributed by atoms with Crippen molar-refractivity contribution in [3.05, 3.63) is 11.6 Å². The second kappa shape index (κ2) is 3.91. The lowest BCUT2D eigenvalue weighted by Crippen LogP contribution is -2.43. The van der Waals surface area contributed by atoms with Crippen molar-refractivity contribution in [3.63, 3.8) is 0 Å². The highest BCUT2D eigenvalue weighted by Crippen LogP contribution is 2.41. The molecule has 1 amide bonds. The smallest absolute Gasteiger partial charge is 0.261 e. The van der Waals surface area contributed by atoms with E-state index in [1.807, 2.05) is 6.08 Å². The van der Waals surface area contributed by atoms with Gasteiger partial charge in [0.05, 0.1) is 0 Å². The van der Waals surface area contributed by atoms with Gasteiger partial charge in [-0.3, -0.25) is 4.79 Å². The molecule has 2 aliphatic rings. The highest BCUT2D eigenvalue weighted by atomic mass is 19.3. The number of carbonyl (C=O) groups excluding carboxylic acids is 1. The molecule has 0 bridgehead atoms. The van der Waals surface area contributed by atoms with Crippen LogP contribution >= 0.6 is 0 Å². The molecule has 1 N–H and O–H groups in total. The molecule has 0 aromatic carbocycles. The van der Waals surface area contributed by atoms with Crippen LogP contribution in [-0.4, -0.2) is 17.9 Å². The zero-order chi connectivity index (χ0) is 10.9.